The third kappa shape index (κ3) is 3.52. The monoisotopic (exact) mass is 250 g/mol. The van der Waals surface area contributed by atoms with Crippen molar-refractivity contribution < 1.29 is 9.50 Å². The Morgan fingerprint density at radius 2 is 1.89 bits per heavy atom. The zero-order valence-electron chi connectivity index (χ0n) is 11.2. The summed E-state index contributed by atoms with van der Waals surface area (Å²) in [7, 11) is 0. The fraction of sp³-hybridized carbons (Fsp3) is 0.500. The maximum Gasteiger partial charge on any atom is 0.124 e. The number of hydrogen-bond donors (Lipinski definition) is 2. The van der Waals surface area contributed by atoms with Crippen LogP contribution in [0.1, 0.15) is 38.8 Å². The van der Waals surface area contributed by atoms with Crippen molar-refractivity contribution in [2.24, 2.45) is 0 Å². The number of aliphatic hydroxyl groups is 1. The molecule has 0 amide bonds. The van der Waals surface area contributed by atoms with E-state index in [0.29, 0.717) is 17.7 Å². The van der Waals surface area contributed by atoms with Crippen LogP contribution in [0, 0.1) is 17.1 Å². The van der Waals surface area contributed by atoms with Gasteiger partial charge in [-0.05, 0) is 51.5 Å². The molecule has 0 spiro atoms. The van der Waals surface area contributed by atoms with Crippen molar-refractivity contribution in [1.29, 1.82) is 5.26 Å². The molecule has 0 atom stereocenters. The molecule has 98 valence electrons. The van der Waals surface area contributed by atoms with Crippen molar-refractivity contribution in [3.63, 3.8) is 0 Å². The lowest BCUT2D eigenvalue weighted by atomic mass is 9.86. The molecule has 0 bridgehead atoms. The van der Waals surface area contributed by atoms with Gasteiger partial charge in [0.25, 0.3) is 0 Å². The summed E-state index contributed by atoms with van der Waals surface area (Å²) < 4.78 is 13.2. The minimum atomic E-state index is -0.904. The fourth-order valence-electron chi connectivity index (χ4n) is 1.36. The van der Waals surface area contributed by atoms with E-state index in [9.17, 15) is 9.50 Å². The SMILES string of the molecule is CC(C)(O)C(C)(C)NCc1cc(F)cc(C#N)c1. The van der Waals surface area contributed by atoms with Gasteiger partial charge in [0.05, 0.1) is 17.2 Å². The fourth-order valence-corrected chi connectivity index (χ4v) is 1.36. The van der Waals surface area contributed by atoms with Crippen molar-refractivity contribution in [3.8, 4) is 6.07 Å². The van der Waals surface area contributed by atoms with Gasteiger partial charge in [0.2, 0.25) is 0 Å². The van der Waals surface area contributed by atoms with Crippen molar-refractivity contribution in [3.05, 3.63) is 35.1 Å². The van der Waals surface area contributed by atoms with Crippen molar-refractivity contribution in [2.75, 3.05) is 0 Å². The molecule has 18 heavy (non-hydrogen) atoms. The first kappa shape index (κ1) is 14.6. The number of halogens is 1. The van der Waals surface area contributed by atoms with Crippen LogP contribution in [0.25, 0.3) is 0 Å². The minimum Gasteiger partial charge on any atom is -0.389 e. The number of benzene rings is 1. The molecule has 1 rings (SSSR count). The Labute approximate surface area is 107 Å². The topological polar surface area (TPSA) is 56.0 Å². The highest BCUT2D eigenvalue weighted by Gasteiger charge is 2.34. The Hall–Kier alpha value is -1.44. The van der Waals surface area contributed by atoms with E-state index >= 15 is 0 Å². The second kappa shape index (κ2) is 5.05. The van der Waals surface area contributed by atoms with E-state index in [-0.39, 0.29) is 0 Å². The molecule has 0 radical (unpaired) electrons. The third-order valence-corrected chi connectivity index (χ3v) is 3.35. The van der Waals surface area contributed by atoms with Gasteiger partial charge >= 0.3 is 0 Å². The lowest BCUT2D eigenvalue weighted by molar-refractivity contribution is -0.00532. The predicted molar refractivity (Wildman–Crippen MR) is 68.3 cm³/mol. The molecular formula is C14H19FN2O. The van der Waals surface area contributed by atoms with E-state index < -0.39 is 17.0 Å². The molecule has 0 aliphatic rings. The molecule has 0 saturated carbocycles. The highest BCUT2D eigenvalue weighted by Crippen LogP contribution is 2.21. The average Bonchev–Trinajstić information content (AvgIpc) is 2.24. The smallest absolute Gasteiger partial charge is 0.124 e. The van der Waals surface area contributed by atoms with Crippen LogP contribution in [-0.4, -0.2) is 16.2 Å². The van der Waals surface area contributed by atoms with Crippen molar-refractivity contribution in [2.45, 2.75) is 45.4 Å². The standard InChI is InChI=1S/C14H19FN2O/c1-13(2,14(3,4)18)17-9-11-5-10(8-16)6-12(15)7-11/h5-7,17-18H,9H2,1-4H3. The van der Waals surface area contributed by atoms with E-state index in [4.69, 9.17) is 5.26 Å². The molecule has 0 aliphatic carbocycles. The molecular weight excluding hydrogens is 231 g/mol. The first-order valence-electron chi connectivity index (χ1n) is 5.83. The summed E-state index contributed by atoms with van der Waals surface area (Å²) >= 11 is 0. The second-order valence-electron chi connectivity index (χ2n) is 5.50. The van der Waals surface area contributed by atoms with Gasteiger partial charge in [0.1, 0.15) is 5.82 Å². The number of hydrogen-bond acceptors (Lipinski definition) is 3. The summed E-state index contributed by atoms with van der Waals surface area (Å²) in [5.41, 5.74) is -0.443. The van der Waals surface area contributed by atoms with Crippen LogP contribution < -0.4 is 5.32 Å². The summed E-state index contributed by atoms with van der Waals surface area (Å²) in [4.78, 5) is 0. The van der Waals surface area contributed by atoms with Gasteiger partial charge in [-0.3, -0.25) is 0 Å². The largest absolute Gasteiger partial charge is 0.389 e. The number of nitrogens with zero attached hydrogens (tertiary/aromatic N) is 1. The summed E-state index contributed by atoms with van der Waals surface area (Å²) in [6, 6.07) is 6.14. The van der Waals surface area contributed by atoms with Gasteiger partial charge in [0, 0.05) is 12.1 Å². The van der Waals surface area contributed by atoms with E-state index in [1.165, 1.54) is 12.1 Å². The minimum absolute atomic E-state index is 0.299. The first-order valence-corrected chi connectivity index (χ1v) is 5.83. The van der Waals surface area contributed by atoms with Crippen LogP contribution in [0.15, 0.2) is 18.2 Å². The van der Waals surface area contributed by atoms with Crippen LogP contribution in [0.2, 0.25) is 0 Å². The summed E-state index contributed by atoms with van der Waals surface area (Å²) in [5, 5.41) is 21.9. The maximum atomic E-state index is 13.2. The average molecular weight is 250 g/mol. The number of rotatable bonds is 4. The van der Waals surface area contributed by atoms with E-state index in [1.807, 2.05) is 19.9 Å². The molecule has 0 saturated heterocycles. The lowest BCUT2D eigenvalue weighted by Crippen LogP contribution is -2.55. The summed E-state index contributed by atoms with van der Waals surface area (Å²) in [5.74, 6) is -0.424. The van der Waals surface area contributed by atoms with Crippen LogP contribution in [-0.2, 0) is 6.54 Å². The van der Waals surface area contributed by atoms with Crippen LogP contribution in [0.5, 0.6) is 0 Å². The zero-order chi connectivity index (χ0) is 14.0. The molecule has 0 aliphatic heterocycles. The van der Waals surface area contributed by atoms with Crippen LogP contribution in [0.4, 0.5) is 4.39 Å². The first-order chi connectivity index (χ1) is 8.15. The molecule has 1 aromatic rings. The Morgan fingerprint density at radius 3 is 2.39 bits per heavy atom. The predicted octanol–water partition coefficient (Wildman–Crippen LogP) is 2.34. The van der Waals surface area contributed by atoms with E-state index in [1.54, 1.807) is 19.9 Å². The highest BCUT2D eigenvalue weighted by molar-refractivity contribution is 5.33. The van der Waals surface area contributed by atoms with Crippen molar-refractivity contribution in [1.82, 2.24) is 5.32 Å². The van der Waals surface area contributed by atoms with Gasteiger partial charge in [0.15, 0.2) is 0 Å². The van der Waals surface area contributed by atoms with Crippen LogP contribution >= 0.6 is 0 Å². The Bertz CT molecular complexity index is 470. The van der Waals surface area contributed by atoms with E-state index in [0.717, 1.165) is 0 Å². The molecule has 4 heteroatoms. The lowest BCUT2D eigenvalue weighted by Gasteiger charge is -2.38. The molecule has 2 N–H and O–H groups in total. The molecule has 0 fully saturated rings. The summed E-state index contributed by atoms with van der Waals surface area (Å²) in [6.45, 7) is 7.57. The molecule has 3 nitrogen and oxygen atoms in total. The Kier molecular flexibility index (Phi) is 4.10. The number of nitrogens with one attached hydrogen (secondary N) is 1. The second-order valence-corrected chi connectivity index (χ2v) is 5.50. The van der Waals surface area contributed by atoms with E-state index in [2.05, 4.69) is 5.32 Å². The highest BCUT2D eigenvalue weighted by atomic mass is 19.1. The molecule has 1 aromatic carbocycles. The Morgan fingerprint density at radius 1 is 1.28 bits per heavy atom. The Balaban J connectivity index is 2.82. The van der Waals surface area contributed by atoms with Crippen molar-refractivity contribution >= 4 is 0 Å². The van der Waals surface area contributed by atoms with Gasteiger partial charge in [-0.2, -0.15) is 5.26 Å². The third-order valence-electron chi connectivity index (χ3n) is 3.35. The van der Waals surface area contributed by atoms with Gasteiger partial charge < -0.3 is 10.4 Å². The quantitative estimate of drug-likeness (QED) is 0.862. The maximum absolute atomic E-state index is 13.2. The normalized spacial score (nSPS) is 12.3. The summed E-state index contributed by atoms with van der Waals surface area (Å²) in [6.07, 6.45) is 0. The zero-order valence-corrected chi connectivity index (χ0v) is 11.2. The van der Waals surface area contributed by atoms with Gasteiger partial charge in [-0.25, -0.2) is 4.39 Å². The van der Waals surface area contributed by atoms with Crippen LogP contribution in [0.3, 0.4) is 0 Å². The molecule has 0 heterocycles. The molecule has 0 aromatic heterocycles. The molecule has 0 unspecified atom stereocenters. The van der Waals surface area contributed by atoms with Gasteiger partial charge in [-0.1, -0.05) is 0 Å². The van der Waals surface area contributed by atoms with Gasteiger partial charge in [-0.15, -0.1) is 0 Å². The number of nitriles is 1.